The first kappa shape index (κ1) is 10.4. The molecule has 0 fully saturated rings. The normalized spacial score (nSPS) is 10.9. The molecule has 4 heteroatoms. The van der Waals surface area contributed by atoms with Crippen molar-refractivity contribution >= 4 is 32.7 Å². The van der Waals surface area contributed by atoms with Gasteiger partial charge in [0, 0.05) is 18.4 Å². The second-order valence-electron chi connectivity index (χ2n) is 3.64. The van der Waals surface area contributed by atoms with Gasteiger partial charge < -0.3 is 4.57 Å². The zero-order chi connectivity index (χ0) is 11.2. The fraction of sp³-hybridized carbons (Fsp3) is 0.273. The number of nitrogens with zero attached hydrogens (tertiary/aromatic N) is 2. The lowest BCUT2D eigenvalue weighted by atomic mass is 10.2. The fourth-order valence-corrected chi connectivity index (χ4v) is 2.41. The monoisotopic (exact) mass is 266 g/mol. The molecule has 0 unspecified atom stereocenters. The van der Waals surface area contributed by atoms with Crippen LogP contribution >= 0.6 is 15.9 Å². The van der Waals surface area contributed by atoms with Gasteiger partial charge >= 0.3 is 0 Å². The quantitative estimate of drug-likeness (QED) is 0.744. The van der Waals surface area contributed by atoms with Gasteiger partial charge in [-0.25, -0.2) is 4.98 Å². The number of aryl methyl sites for hydroxylation is 2. The summed E-state index contributed by atoms with van der Waals surface area (Å²) >= 11 is 3.42. The zero-order valence-corrected chi connectivity index (χ0v) is 10.4. The van der Waals surface area contributed by atoms with Crippen molar-refractivity contribution in [2.75, 3.05) is 0 Å². The summed E-state index contributed by atoms with van der Waals surface area (Å²) in [6.45, 7) is 3.55. The van der Waals surface area contributed by atoms with Crippen LogP contribution in [0, 0.1) is 6.92 Å². The van der Waals surface area contributed by atoms with Gasteiger partial charge in [0.2, 0.25) is 0 Å². The highest BCUT2D eigenvalue weighted by Gasteiger charge is 2.13. The predicted molar refractivity (Wildman–Crippen MR) is 63.2 cm³/mol. The number of fused-ring (bicyclic) bond motifs is 1. The van der Waals surface area contributed by atoms with Gasteiger partial charge in [-0.15, -0.1) is 0 Å². The molecule has 78 valence electrons. The fourth-order valence-electron chi connectivity index (χ4n) is 1.85. The summed E-state index contributed by atoms with van der Waals surface area (Å²) in [6, 6.07) is 3.95. The van der Waals surface area contributed by atoms with Crippen LogP contribution in [-0.4, -0.2) is 15.3 Å². The first-order chi connectivity index (χ1) is 7.00. The Kier molecular flexibility index (Phi) is 2.38. The molecule has 3 nitrogen and oxygen atoms in total. The molecule has 0 saturated heterocycles. The number of carbonyl (C=O) groups is 1. The Hall–Kier alpha value is -1.16. The summed E-state index contributed by atoms with van der Waals surface area (Å²) in [5.74, 6) is 0.496. The molecule has 0 bridgehead atoms. The highest BCUT2D eigenvalue weighted by molar-refractivity contribution is 9.10. The molecule has 0 aliphatic carbocycles. The van der Waals surface area contributed by atoms with Gasteiger partial charge in [0.05, 0.1) is 11.0 Å². The molecule has 0 saturated carbocycles. The Bertz CT molecular complexity index is 557. The smallest absolute Gasteiger partial charge is 0.195 e. The van der Waals surface area contributed by atoms with E-state index < -0.39 is 0 Å². The van der Waals surface area contributed by atoms with Crippen LogP contribution in [0.2, 0.25) is 0 Å². The average Bonchev–Trinajstić information content (AvgIpc) is 2.42. The molecule has 0 N–H and O–H groups in total. The maximum Gasteiger partial charge on any atom is 0.195 e. The van der Waals surface area contributed by atoms with Crippen molar-refractivity contribution in [3.05, 3.63) is 28.0 Å². The van der Waals surface area contributed by atoms with E-state index in [1.807, 2.05) is 30.7 Å². The van der Waals surface area contributed by atoms with Gasteiger partial charge in [-0.1, -0.05) is 15.9 Å². The van der Waals surface area contributed by atoms with Crippen LogP contribution in [-0.2, 0) is 7.05 Å². The van der Waals surface area contributed by atoms with E-state index in [-0.39, 0.29) is 5.78 Å². The van der Waals surface area contributed by atoms with E-state index in [2.05, 4.69) is 20.9 Å². The molecule has 1 aromatic carbocycles. The number of aromatic nitrogens is 2. The number of hydrogen-bond acceptors (Lipinski definition) is 2. The van der Waals surface area contributed by atoms with Crippen LogP contribution in [0.15, 0.2) is 16.6 Å². The van der Waals surface area contributed by atoms with Gasteiger partial charge in [0.15, 0.2) is 11.6 Å². The van der Waals surface area contributed by atoms with Crippen molar-refractivity contribution in [3.8, 4) is 0 Å². The number of hydrogen-bond donors (Lipinski definition) is 0. The minimum atomic E-state index is -0.00998. The zero-order valence-electron chi connectivity index (χ0n) is 8.84. The van der Waals surface area contributed by atoms with E-state index in [4.69, 9.17) is 0 Å². The number of benzene rings is 1. The molecular formula is C11H11BrN2O. The summed E-state index contributed by atoms with van der Waals surface area (Å²) in [6.07, 6.45) is 0. The molecule has 0 spiro atoms. The largest absolute Gasteiger partial charge is 0.324 e. The molecule has 1 heterocycles. The Labute approximate surface area is 96.2 Å². The molecule has 0 aliphatic rings. The van der Waals surface area contributed by atoms with Crippen LogP contribution in [0.25, 0.3) is 11.0 Å². The maximum absolute atomic E-state index is 11.3. The van der Waals surface area contributed by atoms with Crippen molar-refractivity contribution in [2.24, 2.45) is 7.05 Å². The van der Waals surface area contributed by atoms with Crippen molar-refractivity contribution in [1.29, 1.82) is 0 Å². The summed E-state index contributed by atoms with van der Waals surface area (Å²) in [5, 5.41) is 0. The lowest BCUT2D eigenvalue weighted by Gasteiger charge is -2.01. The topological polar surface area (TPSA) is 34.9 Å². The van der Waals surface area contributed by atoms with E-state index >= 15 is 0 Å². The summed E-state index contributed by atoms with van der Waals surface area (Å²) in [5.41, 5.74) is 2.99. The van der Waals surface area contributed by atoms with Crippen LogP contribution in [0.3, 0.4) is 0 Å². The number of imidazole rings is 1. The van der Waals surface area contributed by atoms with E-state index in [1.165, 1.54) is 6.92 Å². The minimum absolute atomic E-state index is 0.00998. The van der Waals surface area contributed by atoms with Crippen LogP contribution in [0.4, 0.5) is 0 Å². The number of Topliss-reactive ketones (excluding diaryl/α,β-unsaturated/α-hetero) is 1. The highest BCUT2D eigenvalue weighted by atomic mass is 79.9. The number of halogens is 1. The summed E-state index contributed by atoms with van der Waals surface area (Å²) in [7, 11) is 1.87. The second-order valence-corrected chi connectivity index (χ2v) is 4.56. The van der Waals surface area contributed by atoms with Gasteiger partial charge in [0.1, 0.15) is 0 Å². The molecule has 2 aromatic rings. The lowest BCUT2D eigenvalue weighted by molar-refractivity contribution is 0.100. The SMILES string of the molecule is CC(=O)c1nc2cc(Br)cc(C)c2n1C. The second kappa shape index (κ2) is 3.45. The van der Waals surface area contributed by atoms with Gasteiger partial charge in [-0.05, 0) is 24.6 Å². The van der Waals surface area contributed by atoms with Gasteiger partial charge in [-0.3, -0.25) is 4.79 Å². The predicted octanol–water partition coefficient (Wildman–Crippen LogP) is 2.85. The Morgan fingerprint density at radius 2 is 2.13 bits per heavy atom. The lowest BCUT2D eigenvalue weighted by Crippen LogP contribution is -2.03. The molecule has 0 amide bonds. The first-order valence-corrected chi connectivity index (χ1v) is 5.43. The Balaban J connectivity index is 2.88. The number of rotatable bonds is 1. The average molecular weight is 267 g/mol. The third kappa shape index (κ3) is 1.59. The van der Waals surface area contributed by atoms with Crippen LogP contribution in [0.1, 0.15) is 23.1 Å². The highest BCUT2D eigenvalue weighted by Crippen LogP contribution is 2.24. The summed E-state index contributed by atoms with van der Waals surface area (Å²) < 4.78 is 2.83. The van der Waals surface area contributed by atoms with Crippen molar-refractivity contribution in [3.63, 3.8) is 0 Å². The van der Waals surface area contributed by atoms with Gasteiger partial charge in [-0.2, -0.15) is 0 Å². The Morgan fingerprint density at radius 1 is 1.47 bits per heavy atom. The molecule has 1 aromatic heterocycles. The number of carbonyl (C=O) groups excluding carboxylic acids is 1. The number of ketones is 1. The van der Waals surface area contributed by atoms with E-state index in [0.717, 1.165) is 21.1 Å². The molecule has 2 rings (SSSR count). The first-order valence-electron chi connectivity index (χ1n) is 4.64. The maximum atomic E-state index is 11.3. The summed E-state index contributed by atoms with van der Waals surface area (Å²) in [4.78, 5) is 15.7. The Morgan fingerprint density at radius 3 is 2.73 bits per heavy atom. The standard InChI is InChI=1S/C11H11BrN2O/c1-6-4-8(12)5-9-10(6)14(3)11(13-9)7(2)15/h4-5H,1-3H3. The third-order valence-corrected chi connectivity index (χ3v) is 2.90. The van der Waals surface area contributed by atoms with Crippen molar-refractivity contribution in [2.45, 2.75) is 13.8 Å². The molecule has 0 atom stereocenters. The molecule has 0 radical (unpaired) electrons. The molecule has 0 aliphatic heterocycles. The van der Waals surface area contributed by atoms with E-state index in [9.17, 15) is 4.79 Å². The minimum Gasteiger partial charge on any atom is -0.324 e. The van der Waals surface area contributed by atoms with E-state index in [0.29, 0.717) is 5.82 Å². The van der Waals surface area contributed by atoms with E-state index in [1.54, 1.807) is 0 Å². The molecule has 15 heavy (non-hydrogen) atoms. The van der Waals surface area contributed by atoms with Gasteiger partial charge in [0.25, 0.3) is 0 Å². The van der Waals surface area contributed by atoms with Crippen molar-refractivity contribution in [1.82, 2.24) is 9.55 Å². The van der Waals surface area contributed by atoms with Crippen LogP contribution < -0.4 is 0 Å². The molecular weight excluding hydrogens is 256 g/mol. The van der Waals surface area contributed by atoms with Crippen molar-refractivity contribution < 1.29 is 4.79 Å². The third-order valence-electron chi connectivity index (χ3n) is 2.44. The van der Waals surface area contributed by atoms with Crippen LogP contribution in [0.5, 0.6) is 0 Å².